The van der Waals surface area contributed by atoms with Gasteiger partial charge in [-0.15, -0.1) is 0 Å². The van der Waals surface area contributed by atoms with Gasteiger partial charge in [-0.25, -0.2) is 14.4 Å². The van der Waals surface area contributed by atoms with E-state index in [9.17, 15) is 9.18 Å². The zero-order chi connectivity index (χ0) is 20.9. The van der Waals surface area contributed by atoms with E-state index < -0.39 is 0 Å². The quantitative estimate of drug-likeness (QED) is 0.508. The SMILES string of the molecule is CCc1cc(=O)[nH]c(-c2ccc(NC(c3cccc(F)c3)c3ccccn3)nc2)n1. The second-order valence-corrected chi connectivity index (χ2v) is 6.76. The summed E-state index contributed by atoms with van der Waals surface area (Å²) in [6, 6.07) is 16.7. The fourth-order valence-electron chi connectivity index (χ4n) is 3.15. The Morgan fingerprint density at radius 3 is 2.67 bits per heavy atom. The number of hydrogen-bond donors (Lipinski definition) is 2. The number of nitrogens with zero attached hydrogens (tertiary/aromatic N) is 3. The maximum absolute atomic E-state index is 13.8. The van der Waals surface area contributed by atoms with Crippen LogP contribution in [-0.2, 0) is 6.42 Å². The third kappa shape index (κ3) is 4.41. The molecule has 7 heteroatoms. The van der Waals surface area contributed by atoms with Gasteiger partial charge in [0.1, 0.15) is 17.5 Å². The van der Waals surface area contributed by atoms with Gasteiger partial charge in [-0.05, 0) is 48.4 Å². The van der Waals surface area contributed by atoms with E-state index in [0.717, 1.165) is 17.0 Å². The van der Waals surface area contributed by atoms with E-state index in [-0.39, 0.29) is 17.4 Å². The number of aromatic nitrogens is 4. The molecular formula is C23H20FN5O. The van der Waals surface area contributed by atoms with Crippen LogP contribution in [0, 0.1) is 5.82 Å². The standard InChI is InChI=1S/C23H20FN5O/c1-2-18-13-21(30)29-23(27-18)16-9-10-20(26-14-16)28-22(19-8-3-4-11-25-19)15-6-5-7-17(24)12-15/h3-14,22H,2H2,1H3,(H,26,28)(H,27,29,30). The van der Waals surface area contributed by atoms with Gasteiger partial charge >= 0.3 is 0 Å². The molecule has 0 fully saturated rings. The number of rotatable bonds is 6. The van der Waals surface area contributed by atoms with E-state index in [4.69, 9.17) is 0 Å². The average Bonchev–Trinajstić information content (AvgIpc) is 2.78. The van der Waals surface area contributed by atoms with Crippen molar-refractivity contribution in [2.75, 3.05) is 5.32 Å². The molecule has 150 valence electrons. The van der Waals surface area contributed by atoms with Crippen LogP contribution in [0.15, 0.2) is 77.9 Å². The first-order valence-corrected chi connectivity index (χ1v) is 9.62. The molecule has 0 amide bonds. The number of H-pyrrole nitrogens is 1. The first-order chi connectivity index (χ1) is 14.6. The van der Waals surface area contributed by atoms with Gasteiger partial charge < -0.3 is 10.3 Å². The number of halogens is 1. The molecule has 2 N–H and O–H groups in total. The van der Waals surface area contributed by atoms with Gasteiger partial charge in [0.15, 0.2) is 0 Å². The minimum Gasteiger partial charge on any atom is -0.358 e. The van der Waals surface area contributed by atoms with Crippen LogP contribution in [0.4, 0.5) is 10.2 Å². The first kappa shape index (κ1) is 19.4. The topological polar surface area (TPSA) is 83.6 Å². The van der Waals surface area contributed by atoms with Crippen LogP contribution in [-0.4, -0.2) is 19.9 Å². The molecule has 0 aliphatic heterocycles. The largest absolute Gasteiger partial charge is 0.358 e. The molecule has 30 heavy (non-hydrogen) atoms. The number of pyridine rings is 2. The number of nitrogens with one attached hydrogen (secondary N) is 2. The molecule has 1 aromatic carbocycles. The van der Waals surface area contributed by atoms with Crippen LogP contribution in [0.2, 0.25) is 0 Å². The number of hydrogen-bond acceptors (Lipinski definition) is 5. The average molecular weight is 401 g/mol. The molecule has 4 rings (SSSR count). The van der Waals surface area contributed by atoms with E-state index in [1.54, 1.807) is 24.5 Å². The highest BCUT2D eigenvalue weighted by atomic mass is 19.1. The van der Waals surface area contributed by atoms with Gasteiger partial charge in [-0.3, -0.25) is 9.78 Å². The highest BCUT2D eigenvalue weighted by Gasteiger charge is 2.16. The summed E-state index contributed by atoms with van der Waals surface area (Å²) in [5, 5.41) is 3.32. The second-order valence-electron chi connectivity index (χ2n) is 6.76. The Hall–Kier alpha value is -3.87. The smallest absolute Gasteiger partial charge is 0.251 e. The number of aryl methyl sites for hydroxylation is 1. The van der Waals surface area contributed by atoms with Gasteiger partial charge in [0, 0.05) is 29.7 Å². The highest BCUT2D eigenvalue weighted by molar-refractivity contribution is 5.56. The second kappa shape index (κ2) is 8.65. The van der Waals surface area contributed by atoms with E-state index >= 15 is 0 Å². The molecule has 4 aromatic rings. The first-order valence-electron chi connectivity index (χ1n) is 9.62. The van der Waals surface area contributed by atoms with E-state index in [0.29, 0.717) is 23.6 Å². The molecule has 0 saturated carbocycles. The van der Waals surface area contributed by atoms with Crippen molar-refractivity contribution in [2.45, 2.75) is 19.4 Å². The fourth-order valence-corrected chi connectivity index (χ4v) is 3.15. The molecule has 0 spiro atoms. The van der Waals surface area contributed by atoms with Crippen molar-refractivity contribution < 1.29 is 4.39 Å². The Labute approximate surface area is 172 Å². The van der Waals surface area contributed by atoms with Gasteiger partial charge in [0.2, 0.25) is 0 Å². The Bertz CT molecular complexity index is 1190. The van der Waals surface area contributed by atoms with E-state index in [2.05, 4.69) is 25.3 Å². The van der Waals surface area contributed by atoms with Crippen molar-refractivity contribution in [2.24, 2.45) is 0 Å². The third-order valence-electron chi connectivity index (χ3n) is 4.65. The summed E-state index contributed by atoms with van der Waals surface area (Å²) in [6.45, 7) is 1.95. The summed E-state index contributed by atoms with van der Waals surface area (Å²) >= 11 is 0. The molecule has 3 heterocycles. The predicted molar refractivity (Wildman–Crippen MR) is 114 cm³/mol. The normalized spacial score (nSPS) is 11.8. The van der Waals surface area contributed by atoms with Crippen molar-refractivity contribution in [3.63, 3.8) is 0 Å². The Morgan fingerprint density at radius 1 is 1.07 bits per heavy atom. The van der Waals surface area contributed by atoms with Gasteiger partial charge in [-0.1, -0.05) is 25.1 Å². The molecule has 1 atom stereocenters. The molecule has 0 aliphatic rings. The van der Waals surface area contributed by atoms with Crippen LogP contribution >= 0.6 is 0 Å². The zero-order valence-electron chi connectivity index (χ0n) is 16.3. The molecule has 6 nitrogen and oxygen atoms in total. The van der Waals surface area contributed by atoms with Crippen molar-refractivity contribution in [1.29, 1.82) is 0 Å². The lowest BCUT2D eigenvalue weighted by Gasteiger charge is -2.19. The van der Waals surface area contributed by atoms with Crippen LogP contribution in [0.3, 0.4) is 0 Å². The molecule has 0 aliphatic carbocycles. The monoisotopic (exact) mass is 401 g/mol. The molecule has 0 radical (unpaired) electrons. The minimum absolute atomic E-state index is 0.194. The van der Waals surface area contributed by atoms with Crippen molar-refractivity contribution >= 4 is 5.82 Å². The summed E-state index contributed by atoms with van der Waals surface area (Å²) in [6.07, 6.45) is 4.01. The van der Waals surface area contributed by atoms with Crippen LogP contribution in [0.25, 0.3) is 11.4 Å². The molecule has 0 saturated heterocycles. The lowest BCUT2D eigenvalue weighted by Crippen LogP contribution is -2.15. The minimum atomic E-state index is -0.374. The van der Waals surface area contributed by atoms with E-state index in [1.807, 2.05) is 37.3 Å². The molecule has 1 unspecified atom stereocenters. The number of benzene rings is 1. The Kier molecular flexibility index (Phi) is 5.61. The molecule has 3 aromatic heterocycles. The number of anilines is 1. The van der Waals surface area contributed by atoms with Gasteiger partial charge in [-0.2, -0.15) is 0 Å². The van der Waals surface area contributed by atoms with Gasteiger partial charge in [0.05, 0.1) is 11.7 Å². The third-order valence-corrected chi connectivity index (χ3v) is 4.65. The lowest BCUT2D eigenvalue weighted by atomic mass is 10.0. The summed E-state index contributed by atoms with van der Waals surface area (Å²) < 4.78 is 13.8. The van der Waals surface area contributed by atoms with Crippen molar-refractivity contribution in [3.8, 4) is 11.4 Å². The number of aromatic amines is 1. The predicted octanol–water partition coefficient (Wildman–Crippen LogP) is 4.13. The fraction of sp³-hybridized carbons (Fsp3) is 0.130. The Morgan fingerprint density at radius 2 is 1.97 bits per heavy atom. The maximum atomic E-state index is 13.8. The summed E-state index contributed by atoms with van der Waals surface area (Å²) in [4.78, 5) is 27.9. The zero-order valence-corrected chi connectivity index (χ0v) is 16.3. The highest BCUT2D eigenvalue weighted by Crippen LogP contribution is 2.26. The summed E-state index contributed by atoms with van der Waals surface area (Å²) in [7, 11) is 0. The molecular weight excluding hydrogens is 381 g/mol. The van der Waals surface area contributed by atoms with Crippen LogP contribution in [0.1, 0.15) is 29.9 Å². The maximum Gasteiger partial charge on any atom is 0.251 e. The van der Waals surface area contributed by atoms with Gasteiger partial charge in [0.25, 0.3) is 5.56 Å². The van der Waals surface area contributed by atoms with Crippen molar-refractivity contribution in [1.82, 2.24) is 19.9 Å². The van der Waals surface area contributed by atoms with Crippen molar-refractivity contribution in [3.05, 3.63) is 106 Å². The Balaban J connectivity index is 1.64. The summed E-state index contributed by atoms with van der Waals surface area (Å²) in [5.41, 5.74) is 2.71. The van der Waals surface area contributed by atoms with Crippen LogP contribution < -0.4 is 10.9 Å². The molecule has 0 bridgehead atoms. The van der Waals surface area contributed by atoms with Crippen LogP contribution in [0.5, 0.6) is 0 Å². The van der Waals surface area contributed by atoms with E-state index in [1.165, 1.54) is 18.2 Å². The lowest BCUT2D eigenvalue weighted by molar-refractivity contribution is 0.624. The summed E-state index contributed by atoms with van der Waals surface area (Å²) in [5.74, 6) is 0.752.